The van der Waals surface area contributed by atoms with Crippen LogP contribution in [0.2, 0.25) is 0 Å². The molecule has 1 aromatic carbocycles. The molecule has 5 heteroatoms. The molecule has 0 saturated carbocycles. The van der Waals surface area contributed by atoms with Crippen molar-refractivity contribution in [3.05, 3.63) is 39.9 Å². The summed E-state index contributed by atoms with van der Waals surface area (Å²) in [6, 6.07) is 5.85. The molecular weight excluding hydrogens is 260 g/mol. The van der Waals surface area contributed by atoms with E-state index in [-0.39, 0.29) is 5.78 Å². The number of nitrogens with zero attached hydrogens (tertiary/aromatic N) is 2. The van der Waals surface area contributed by atoms with Crippen molar-refractivity contribution >= 4 is 17.3 Å². The Balaban J connectivity index is 2.26. The summed E-state index contributed by atoms with van der Waals surface area (Å²) in [6.45, 7) is 3.97. The number of methoxy groups -OCH3 is 1. The first-order valence-electron chi connectivity index (χ1n) is 6.13. The maximum Gasteiger partial charge on any atom is 0.180 e. The smallest absolute Gasteiger partial charge is 0.180 e. The molecular formula is C14H16N2O2S. The number of aromatic nitrogens is 2. The van der Waals surface area contributed by atoms with Crippen LogP contribution in [-0.2, 0) is 12.8 Å². The third-order valence-corrected chi connectivity index (χ3v) is 3.74. The number of ketones is 1. The third-order valence-electron chi connectivity index (χ3n) is 2.93. The van der Waals surface area contributed by atoms with Crippen LogP contribution >= 0.6 is 11.5 Å². The molecule has 0 bridgehead atoms. The summed E-state index contributed by atoms with van der Waals surface area (Å²) in [5.74, 6) is 0.797. The molecule has 0 radical (unpaired) electrons. The van der Waals surface area contributed by atoms with Gasteiger partial charge in [0.25, 0.3) is 0 Å². The Morgan fingerprint density at radius 1 is 1.42 bits per heavy atom. The van der Waals surface area contributed by atoms with Crippen molar-refractivity contribution in [3.63, 3.8) is 0 Å². The zero-order valence-corrected chi connectivity index (χ0v) is 12.1. The normalized spacial score (nSPS) is 10.5. The molecule has 1 heterocycles. The summed E-state index contributed by atoms with van der Waals surface area (Å²) >= 11 is 1.17. The zero-order chi connectivity index (χ0) is 13.8. The molecule has 2 rings (SSSR count). The van der Waals surface area contributed by atoms with Crippen molar-refractivity contribution in [2.45, 2.75) is 26.7 Å². The number of Topliss-reactive ketones (excluding diaryl/α,β-unsaturated/α-hetero) is 1. The van der Waals surface area contributed by atoms with Gasteiger partial charge in [-0.3, -0.25) is 4.79 Å². The van der Waals surface area contributed by atoms with Crippen LogP contribution < -0.4 is 4.74 Å². The van der Waals surface area contributed by atoms with Gasteiger partial charge >= 0.3 is 0 Å². The van der Waals surface area contributed by atoms with Crippen LogP contribution in [0.4, 0.5) is 0 Å². The minimum atomic E-state index is 0.0516. The Labute approximate surface area is 116 Å². The van der Waals surface area contributed by atoms with Crippen molar-refractivity contribution < 1.29 is 9.53 Å². The van der Waals surface area contributed by atoms with Crippen LogP contribution in [0.1, 0.15) is 33.4 Å². The van der Waals surface area contributed by atoms with Crippen LogP contribution in [0.5, 0.6) is 5.75 Å². The second-order valence-corrected chi connectivity index (χ2v) is 5.07. The summed E-state index contributed by atoms with van der Waals surface area (Å²) < 4.78 is 9.15. The fourth-order valence-corrected chi connectivity index (χ4v) is 2.64. The van der Waals surface area contributed by atoms with Gasteiger partial charge in [-0.2, -0.15) is 0 Å². The first-order chi connectivity index (χ1) is 9.15. The fraction of sp³-hybridized carbons (Fsp3) is 0.357. The van der Waals surface area contributed by atoms with Gasteiger partial charge in [0, 0.05) is 12.0 Å². The maximum atomic E-state index is 12.3. The molecule has 0 atom stereocenters. The molecule has 0 N–H and O–H groups in total. The number of aryl methyl sites for hydroxylation is 2. The monoisotopic (exact) mass is 276 g/mol. The average Bonchev–Trinajstić information content (AvgIpc) is 2.87. The highest BCUT2D eigenvalue weighted by Gasteiger charge is 2.17. The highest BCUT2D eigenvalue weighted by molar-refractivity contribution is 7.08. The van der Waals surface area contributed by atoms with Gasteiger partial charge in [-0.15, -0.1) is 5.10 Å². The van der Waals surface area contributed by atoms with Crippen LogP contribution in [0, 0.1) is 6.92 Å². The number of carbonyl (C=O) groups excluding carboxylic acids is 1. The topological polar surface area (TPSA) is 52.1 Å². The van der Waals surface area contributed by atoms with Gasteiger partial charge in [0.1, 0.15) is 10.6 Å². The largest absolute Gasteiger partial charge is 0.496 e. The van der Waals surface area contributed by atoms with Gasteiger partial charge in [0.05, 0.1) is 12.8 Å². The number of carbonyl (C=O) groups is 1. The first kappa shape index (κ1) is 13.7. The lowest BCUT2D eigenvalue weighted by atomic mass is 10.0. The first-order valence-corrected chi connectivity index (χ1v) is 6.91. The molecule has 0 aliphatic carbocycles. The molecule has 19 heavy (non-hydrogen) atoms. The predicted octanol–water partition coefficient (Wildman–Crippen LogP) is 2.84. The summed E-state index contributed by atoms with van der Waals surface area (Å²) in [7, 11) is 1.62. The number of hydrogen-bond acceptors (Lipinski definition) is 5. The van der Waals surface area contributed by atoms with E-state index < -0.39 is 0 Å². The van der Waals surface area contributed by atoms with Gasteiger partial charge in [0.15, 0.2) is 5.78 Å². The van der Waals surface area contributed by atoms with E-state index >= 15 is 0 Å². The highest BCUT2D eigenvalue weighted by Crippen LogP contribution is 2.23. The number of rotatable bonds is 5. The molecule has 0 aliphatic rings. The summed E-state index contributed by atoms with van der Waals surface area (Å²) in [6.07, 6.45) is 1.05. The Morgan fingerprint density at radius 3 is 2.89 bits per heavy atom. The van der Waals surface area contributed by atoms with Crippen molar-refractivity contribution in [2.75, 3.05) is 7.11 Å². The van der Waals surface area contributed by atoms with E-state index in [2.05, 4.69) is 9.59 Å². The SMILES string of the molecule is CCc1nnsc1C(=O)Cc1cc(C)ccc1OC. The van der Waals surface area contributed by atoms with Crippen molar-refractivity contribution in [3.8, 4) is 5.75 Å². The molecule has 0 amide bonds. The van der Waals surface area contributed by atoms with E-state index in [4.69, 9.17) is 4.74 Å². The molecule has 1 aromatic heterocycles. The van der Waals surface area contributed by atoms with Crippen molar-refractivity contribution in [1.29, 1.82) is 0 Å². The number of ether oxygens (including phenoxy) is 1. The number of benzene rings is 1. The van der Waals surface area contributed by atoms with E-state index in [1.54, 1.807) is 7.11 Å². The second-order valence-electron chi connectivity index (χ2n) is 4.32. The number of hydrogen-bond donors (Lipinski definition) is 0. The van der Waals surface area contributed by atoms with E-state index in [9.17, 15) is 4.79 Å². The molecule has 0 spiro atoms. The third kappa shape index (κ3) is 2.98. The molecule has 0 saturated heterocycles. The highest BCUT2D eigenvalue weighted by atomic mass is 32.1. The van der Waals surface area contributed by atoms with Crippen LogP contribution in [0.25, 0.3) is 0 Å². The van der Waals surface area contributed by atoms with Gasteiger partial charge in [-0.1, -0.05) is 29.1 Å². The van der Waals surface area contributed by atoms with E-state index in [0.29, 0.717) is 11.3 Å². The lowest BCUT2D eigenvalue weighted by molar-refractivity contribution is 0.0995. The fourth-order valence-electron chi connectivity index (χ4n) is 1.95. The van der Waals surface area contributed by atoms with Gasteiger partial charge in [-0.05, 0) is 30.9 Å². The lowest BCUT2D eigenvalue weighted by Crippen LogP contribution is -2.06. The Morgan fingerprint density at radius 2 is 2.21 bits per heavy atom. The second kappa shape index (κ2) is 5.93. The van der Waals surface area contributed by atoms with Crippen LogP contribution in [-0.4, -0.2) is 22.5 Å². The van der Waals surface area contributed by atoms with Crippen LogP contribution in [0.3, 0.4) is 0 Å². The van der Waals surface area contributed by atoms with Crippen molar-refractivity contribution in [1.82, 2.24) is 9.59 Å². The van der Waals surface area contributed by atoms with Crippen molar-refractivity contribution in [2.24, 2.45) is 0 Å². The van der Waals surface area contributed by atoms with Gasteiger partial charge in [0.2, 0.25) is 0 Å². The minimum Gasteiger partial charge on any atom is -0.496 e. The van der Waals surface area contributed by atoms with E-state index in [1.165, 1.54) is 11.5 Å². The minimum absolute atomic E-state index is 0.0516. The Kier molecular flexibility index (Phi) is 4.27. The molecule has 100 valence electrons. The molecule has 4 nitrogen and oxygen atoms in total. The van der Waals surface area contributed by atoms with Gasteiger partial charge in [-0.25, -0.2) is 0 Å². The van der Waals surface area contributed by atoms with Gasteiger partial charge < -0.3 is 4.74 Å². The summed E-state index contributed by atoms with van der Waals surface area (Å²) in [5, 5.41) is 3.97. The molecule has 0 fully saturated rings. The Hall–Kier alpha value is -1.75. The molecule has 0 unspecified atom stereocenters. The summed E-state index contributed by atoms with van der Waals surface area (Å²) in [4.78, 5) is 13.0. The molecule has 2 aromatic rings. The Bertz CT molecular complexity index is 593. The van der Waals surface area contributed by atoms with E-state index in [0.717, 1.165) is 29.0 Å². The maximum absolute atomic E-state index is 12.3. The van der Waals surface area contributed by atoms with Crippen LogP contribution in [0.15, 0.2) is 18.2 Å². The average molecular weight is 276 g/mol. The lowest BCUT2D eigenvalue weighted by Gasteiger charge is -2.08. The molecule has 0 aliphatic heterocycles. The standard InChI is InChI=1S/C14H16N2O2S/c1-4-11-14(19-16-15-11)12(17)8-10-7-9(2)5-6-13(10)18-3/h5-7H,4,8H2,1-3H3. The van der Waals surface area contributed by atoms with E-state index in [1.807, 2.05) is 32.0 Å². The zero-order valence-electron chi connectivity index (χ0n) is 11.3. The predicted molar refractivity (Wildman–Crippen MR) is 75.1 cm³/mol. The quantitative estimate of drug-likeness (QED) is 0.788. The summed E-state index contributed by atoms with van der Waals surface area (Å²) in [5.41, 5.74) is 2.80.